The lowest BCUT2D eigenvalue weighted by atomic mass is 10.1. The first-order valence-corrected chi connectivity index (χ1v) is 7.34. The van der Waals surface area contributed by atoms with Gasteiger partial charge in [-0.15, -0.1) is 5.10 Å². The van der Waals surface area contributed by atoms with Gasteiger partial charge in [0.2, 0.25) is 5.95 Å². The minimum Gasteiger partial charge on any atom is -0.366 e. The molecule has 0 saturated carbocycles. The third-order valence-corrected chi connectivity index (χ3v) is 3.63. The predicted molar refractivity (Wildman–Crippen MR) is 83.2 cm³/mol. The zero-order valence-corrected chi connectivity index (χ0v) is 13.1. The van der Waals surface area contributed by atoms with E-state index < -0.39 is 0 Å². The third-order valence-electron chi connectivity index (χ3n) is 3.05. The van der Waals surface area contributed by atoms with Gasteiger partial charge >= 0.3 is 0 Å². The molecule has 0 radical (unpaired) electrons. The Labute approximate surface area is 128 Å². The number of aromatic nitrogens is 3. The lowest BCUT2D eigenvalue weighted by Gasteiger charge is -2.09. The van der Waals surface area contributed by atoms with Crippen molar-refractivity contribution in [2.75, 3.05) is 5.73 Å². The minimum absolute atomic E-state index is 0.300. The van der Waals surface area contributed by atoms with Gasteiger partial charge in [-0.25, -0.2) is 4.68 Å². The maximum Gasteiger partial charge on any atom is 0.239 e. The van der Waals surface area contributed by atoms with E-state index >= 15 is 0 Å². The average Bonchev–Trinajstić information content (AvgIpc) is 2.70. The Hall–Kier alpha value is -1.26. The van der Waals surface area contributed by atoms with Gasteiger partial charge in [0.15, 0.2) is 0 Å². The molecule has 1 aromatic heterocycles. The SMILES string of the molecule is CC(C)CCn1nc(N)nc1Cc1ccc(Cl)cc1Cl. The van der Waals surface area contributed by atoms with Crippen molar-refractivity contribution >= 4 is 29.2 Å². The molecular weight excluding hydrogens is 295 g/mol. The van der Waals surface area contributed by atoms with Crippen molar-refractivity contribution < 1.29 is 0 Å². The van der Waals surface area contributed by atoms with E-state index in [4.69, 9.17) is 28.9 Å². The van der Waals surface area contributed by atoms with Crippen LogP contribution in [0.15, 0.2) is 18.2 Å². The maximum absolute atomic E-state index is 6.19. The highest BCUT2D eigenvalue weighted by Gasteiger charge is 2.11. The van der Waals surface area contributed by atoms with E-state index in [1.54, 1.807) is 6.07 Å². The quantitative estimate of drug-likeness (QED) is 0.913. The Kier molecular flexibility index (Phi) is 4.89. The van der Waals surface area contributed by atoms with Crippen LogP contribution in [0.4, 0.5) is 5.95 Å². The molecule has 0 bridgehead atoms. The van der Waals surface area contributed by atoms with Gasteiger partial charge in [0.05, 0.1) is 0 Å². The molecule has 0 aliphatic carbocycles. The van der Waals surface area contributed by atoms with E-state index in [-0.39, 0.29) is 0 Å². The molecular formula is C14H18Cl2N4. The largest absolute Gasteiger partial charge is 0.366 e. The molecule has 1 heterocycles. The fourth-order valence-corrected chi connectivity index (χ4v) is 2.39. The molecule has 0 aliphatic heterocycles. The number of hydrogen-bond donors (Lipinski definition) is 1. The molecule has 20 heavy (non-hydrogen) atoms. The van der Waals surface area contributed by atoms with Crippen LogP contribution in [0.3, 0.4) is 0 Å². The van der Waals surface area contributed by atoms with Crippen molar-refractivity contribution in [3.8, 4) is 0 Å². The number of hydrogen-bond acceptors (Lipinski definition) is 3. The number of aryl methyl sites for hydroxylation is 1. The summed E-state index contributed by atoms with van der Waals surface area (Å²) in [6, 6.07) is 5.46. The number of nitrogen functional groups attached to an aromatic ring is 1. The fourth-order valence-electron chi connectivity index (χ4n) is 1.92. The molecule has 0 spiro atoms. The van der Waals surface area contributed by atoms with Gasteiger partial charge in [0, 0.05) is 23.0 Å². The van der Waals surface area contributed by atoms with Crippen LogP contribution in [0.2, 0.25) is 10.0 Å². The zero-order chi connectivity index (χ0) is 14.7. The highest BCUT2D eigenvalue weighted by atomic mass is 35.5. The van der Waals surface area contributed by atoms with Gasteiger partial charge in [-0.3, -0.25) is 0 Å². The predicted octanol–water partition coefficient (Wildman–Crippen LogP) is 3.80. The molecule has 6 heteroatoms. The Balaban J connectivity index is 2.20. The molecule has 4 nitrogen and oxygen atoms in total. The van der Waals surface area contributed by atoms with Crippen molar-refractivity contribution in [1.82, 2.24) is 14.8 Å². The molecule has 0 fully saturated rings. The standard InChI is InChI=1S/C14H18Cl2N4/c1-9(2)5-6-20-13(18-14(17)19-20)7-10-3-4-11(15)8-12(10)16/h3-4,8-9H,5-7H2,1-2H3,(H2,17,19). The first-order chi connectivity index (χ1) is 9.45. The molecule has 0 aliphatic rings. The summed E-state index contributed by atoms with van der Waals surface area (Å²) >= 11 is 12.1. The zero-order valence-electron chi connectivity index (χ0n) is 11.6. The van der Waals surface area contributed by atoms with E-state index in [0.29, 0.717) is 28.3 Å². The molecule has 1 aromatic carbocycles. The molecule has 0 unspecified atom stereocenters. The summed E-state index contributed by atoms with van der Waals surface area (Å²) in [6.45, 7) is 5.16. The van der Waals surface area contributed by atoms with Crippen molar-refractivity contribution in [3.63, 3.8) is 0 Å². The molecule has 108 valence electrons. The van der Waals surface area contributed by atoms with Gasteiger partial charge in [-0.2, -0.15) is 4.98 Å². The summed E-state index contributed by atoms with van der Waals surface area (Å²) in [6.07, 6.45) is 1.63. The van der Waals surface area contributed by atoms with Crippen LogP contribution in [0.1, 0.15) is 31.7 Å². The fraction of sp³-hybridized carbons (Fsp3) is 0.429. The summed E-state index contributed by atoms with van der Waals surface area (Å²) in [5, 5.41) is 5.50. The smallest absolute Gasteiger partial charge is 0.239 e. The topological polar surface area (TPSA) is 56.7 Å². The third kappa shape index (κ3) is 3.87. The Morgan fingerprint density at radius 3 is 2.70 bits per heavy atom. The summed E-state index contributed by atoms with van der Waals surface area (Å²) in [7, 11) is 0. The molecule has 2 N–H and O–H groups in total. The summed E-state index contributed by atoms with van der Waals surface area (Å²) in [5.41, 5.74) is 6.67. The van der Waals surface area contributed by atoms with E-state index in [2.05, 4.69) is 23.9 Å². The highest BCUT2D eigenvalue weighted by Crippen LogP contribution is 2.23. The second kappa shape index (κ2) is 6.46. The monoisotopic (exact) mass is 312 g/mol. The molecule has 0 atom stereocenters. The van der Waals surface area contributed by atoms with Gasteiger partial charge in [-0.05, 0) is 30.0 Å². The Morgan fingerprint density at radius 1 is 1.30 bits per heavy atom. The van der Waals surface area contributed by atoms with E-state index in [1.807, 2.05) is 16.8 Å². The van der Waals surface area contributed by atoms with E-state index in [0.717, 1.165) is 24.4 Å². The number of anilines is 1. The van der Waals surface area contributed by atoms with Gasteiger partial charge in [0.25, 0.3) is 0 Å². The van der Waals surface area contributed by atoms with Crippen LogP contribution >= 0.6 is 23.2 Å². The van der Waals surface area contributed by atoms with Crippen LogP contribution < -0.4 is 5.73 Å². The molecule has 2 rings (SSSR count). The van der Waals surface area contributed by atoms with E-state index in [9.17, 15) is 0 Å². The normalized spacial score (nSPS) is 11.2. The van der Waals surface area contributed by atoms with Crippen LogP contribution in [-0.2, 0) is 13.0 Å². The second-order valence-electron chi connectivity index (χ2n) is 5.20. The van der Waals surface area contributed by atoms with Gasteiger partial charge in [-0.1, -0.05) is 43.1 Å². The molecule has 0 saturated heterocycles. The number of rotatable bonds is 5. The maximum atomic E-state index is 6.19. The molecule has 2 aromatic rings. The lowest BCUT2D eigenvalue weighted by Crippen LogP contribution is -2.08. The van der Waals surface area contributed by atoms with Crippen LogP contribution in [-0.4, -0.2) is 14.8 Å². The Bertz CT molecular complexity index is 593. The van der Waals surface area contributed by atoms with Crippen LogP contribution in [0.25, 0.3) is 0 Å². The number of halogens is 2. The first-order valence-electron chi connectivity index (χ1n) is 6.59. The number of benzene rings is 1. The van der Waals surface area contributed by atoms with Crippen molar-refractivity contribution in [1.29, 1.82) is 0 Å². The van der Waals surface area contributed by atoms with Crippen LogP contribution in [0, 0.1) is 5.92 Å². The number of nitrogens with two attached hydrogens (primary N) is 1. The summed E-state index contributed by atoms with van der Waals surface area (Å²) in [5.74, 6) is 1.73. The van der Waals surface area contributed by atoms with Crippen molar-refractivity contribution in [2.24, 2.45) is 5.92 Å². The minimum atomic E-state index is 0.300. The van der Waals surface area contributed by atoms with Crippen LogP contribution in [0.5, 0.6) is 0 Å². The van der Waals surface area contributed by atoms with Crippen molar-refractivity contribution in [2.45, 2.75) is 33.2 Å². The average molecular weight is 313 g/mol. The van der Waals surface area contributed by atoms with Gasteiger partial charge < -0.3 is 5.73 Å². The van der Waals surface area contributed by atoms with Crippen molar-refractivity contribution in [3.05, 3.63) is 39.6 Å². The lowest BCUT2D eigenvalue weighted by molar-refractivity contribution is 0.476. The van der Waals surface area contributed by atoms with Gasteiger partial charge in [0.1, 0.15) is 5.82 Å². The molecule has 0 amide bonds. The van der Waals surface area contributed by atoms with E-state index in [1.165, 1.54) is 0 Å². The highest BCUT2D eigenvalue weighted by molar-refractivity contribution is 6.35. The number of nitrogens with zero attached hydrogens (tertiary/aromatic N) is 3. The summed E-state index contributed by atoms with van der Waals surface area (Å²) < 4.78 is 1.86. The second-order valence-corrected chi connectivity index (χ2v) is 6.05. The first kappa shape index (κ1) is 15.1. The Morgan fingerprint density at radius 2 is 2.05 bits per heavy atom. The summed E-state index contributed by atoms with van der Waals surface area (Å²) in [4.78, 5) is 4.29.